The third-order valence-electron chi connectivity index (χ3n) is 1.13. The number of hydrogen-bond donors (Lipinski definition) is 1. The van der Waals surface area contributed by atoms with E-state index in [1.165, 1.54) is 0 Å². The molecular weight excluding hydrogens is 182 g/mol. The van der Waals surface area contributed by atoms with Crippen LogP contribution < -0.4 is 5.32 Å². The molecule has 2 nitrogen and oxygen atoms in total. The highest BCUT2D eigenvalue weighted by Crippen LogP contribution is 1.94. The topological polar surface area (TPSA) is 29.1 Å². The van der Waals surface area contributed by atoms with E-state index in [0.717, 1.165) is 0 Å². The fourth-order valence-corrected chi connectivity index (χ4v) is 1.60. The summed E-state index contributed by atoms with van der Waals surface area (Å²) in [6.45, 7) is 6.09. The van der Waals surface area contributed by atoms with Gasteiger partial charge < -0.3 is 5.32 Å². The molecule has 0 saturated heterocycles. The van der Waals surface area contributed by atoms with E-state index in [9.17, 15) is 4.21 Å². The molecule has 0 fully saturated rings. The lowest BCUT2D eigenvalue weighted by Gasteiger charge is -2.10. The van der Waals surface area contributed by atoms with Crippen molar-refractivity contribution in [3.05, 3.63) is 11.6 Å². The van der Waals surface area contributed by atoms with Crippen LogP contribution in [0, 0.1) is 0 Å². The van der Waals surface area contributed by atoms with Crippen molar-refractivity contribution >= 4 is 22.4 Å². The van der Waals surface area contributed by atoms with Crippen molar-refractivity contribution in [2.75, 3.05) is 18.6 Å². The van der Waals surface area contributed by atoms with E-state index >= 15 is 0 Å². The second kappa shape index (κ2) is 5.75. The van der Waals surface area contributed by atoms with E-state index < -0.39 is 10.8 Å². The maximum Gasteiger partial charge on any atom is 0.0383 e. The zero-order chi connectivity index (χ0) is 8.85. The summed E-state index contributed by atoms with van der Waals surface area (Å²) in [7, 11) is -0.746. The second-order valence-corrected chi connectivity index (χ2v) is 4.55. The van der Waals surface area contributed by atoms with E-state index in [-0.39, 0.29) is 6.04 Å². The van der Waals surface area contributed by atoms with Crippen LogP contribution in [-0.2, 0) is 10.8 Å². The zero-order valence-corrected chi connectivity index (χ0v) is 8.47. The third kappa shape index (κ3) is 8.04. The van der Waals surface area contributed by atoms with E-state index in [1.807, 2.05) is 6.92 Å². The fourth-order valence-electron chi connectivity index (χ4n) is 0.696. The van der Waals surface area contributed by atoms with Crippen LogP contribution in [0.5, 0.6) is 0 Å². The van der Waals surface area contributed by atoms with E-state index in [2.05, 4.69) is 11.9 Å². The number of nitrogens with one attached hydrogen (secondary N) is 1. The summed E-state index contributed by atoms with van der Waals surface area (Å²) < 4.78 is 10.7. The van der Waals surface area contributed by atoms with Gasteiger partial charge in [-0.25, -0.2) is 0 Å². The normalized spacial score (nSPS) is 15.9. The van der Waals surface area contributed by atoms with Gasteiger partial charge in [-0.15, -0.1) is 0 Å². The summed E-state index contributed by atoms with van der Waals surface area (Å²) in [5, 5.41) is 3.67. The predicted molar refractivity (Wildman–Crippen MR) is 51.4 cm³/mol. The highest BCUT2D eigenvalue weighted by atomic mass is 35.5. The molecule has 0 aliphatic carbocycles. The molecule has 2 atom stereocenters. The largest absolute Gasteiger partial charge is 0.308 e. The first-order valence-corrected chi connectivity index (χ1v) is 5.49. The maximum absolute atomic E-state index is 10.7. The highest BCUT2D eigenvalue weighted by molar-refractivity contribution is 7.84. The van der Waals surface area contributed by atoms with E-state index in [1.54, 1.807) is 6.26 Å². The van der Waals surface area contributed by atoms with Gasteiger partial charge in [0.05, 0.1) is 0 Å². The van der Waals surface area contributed by atoms with Gasteiger partial charge in [0.2, 0.25) is 0 Å². The molecule has 0 aromatic heterocycles. The minimum Gasteiger partial charge on any atom is -0.308 e. The lowest BCUT2D eigenvalue weighted by molar-refractivity contribution is 0.622. The fraction of sp³-hybridized carbons (Fsp3) is 0.714. The summed E-state index contributed by atoms with van der Waals surface area (Å²) in [4.78, 5) is 0. The van der Waals surface area contributed by atoms with Gasteiger partial charge >= 0.3 is 0 Å². The van der Waals surface area contributed by atoms with Crippen LogP contribution in [0.3, 0.4) is 0 Å². The average Bonchev–Trinajstić information content (AvgIpc) is 1.82. The lowest BCUT2D eigenvalue weighted by atomic mass is 10.4. The standard InChI is InChI=1S/C7H14ClNOS/c1-6(8)4-9-7(2)5-11(3)10/h7,9H,1,4-5H2,2-3H3. The Hall–Kier alpha value is 0.140. The third-order valence-corrected chi connectivity index (χ3v) is 2.23. The zero-order valence-electron chi connectivity index (χ0n) is 6.89. The Labute approximate surface area is 75.5 Å². The smallest absolute Gasteiger partial charge is 0.0383 e. The molecule has 11 heavy (non-hydrogen) atoms. The van der Waals surface area contributed by atoms with Gasteiger partial charge in [0, 0.05) is 40.4 Å². The first-order chi connectivity index (χ1) is 5.02. The summed E-state index contributed by atoms with van der Waals surface area (Å²) >= 11 is 5.53. The van der Waals surface area contributed by atoms with E-state index in [4.69, 9.17) is 11.6 Å². The Balaban J connectivity index is 3.44. The van der Waals surface area contributed by atoms with Gasteiger partial charge in [0.1, 0.15) is 0 Å². The van der Waals surface area contributed by atoms with Crippen molar-refractivity contribution < 1.29 is 4.21 Å². The minimum absolute atomic E-state index is 0.233. The Morgan fingerprint density at radius 3 is 2.73 bits per heavy atom. The minimum atomic E-state index is -0.746. The van der Waals surface area contributed by atoms with Gasteiger partial charge in [-0.1, -0.05) is 18.2 Å². The van der Waals surface area contributed by atoms with Crippen molar-refractivity contribution in [2.24, 2.45) is 0 Å². The monoisotopic (exact) mass is 195 g/mol. The molecule has 0 rings (SSSR count). The summed E-state index contributed by atoms with van der Waals surface area (Å²) in [6.07, 6.45) is 1.69. The highest BCUT2D eigenvalue weighted by Gasteiger charge is 2.02. The molecule has 4 heteroatoms. The second-order valence-electron chi connectivity index (χ2n) is 2.54. The summed E-state index contributed by atoms with van der Waals surface area (Å²) in [6, 6.07) is 0.233. The molecule has 0 radical (unpaired) electrons. The van der Waals surface area contributed by atoms with Crippen molar-refractivity contribution in [3.8, 4) is 0 Å². The molecule has 0 aromatic carbocycles. The van der Waals surface area contributed by atoms with Crippen LogP contribution in [0.2, 0.25) is 0 Å². The molecule has 0 aromatic rings. The van der Waals surface area contributed by atoms with Crippen molar-refractivity contribution in [2.45, 2.75) is 13.0 Å². The Morgan fingerprint density at radius 2 is 2.36 bits per heavy atom. The van der Waals surface area contributed by atoms with Crippen molar-refractivity contribution in [1.82, 2.24) is 5.32 Å². The first kappa shape index (κ1) is 11.1. The first-order valence-electron chi connectivity index (χ1n) is 3.39. The molecule has 0 heterocycles. The SMILES string of the molecule is C=C(Cl)CNC(C)CS(C)=O. The maximum atomic E-state index is 10.7. The molecule has 66 valence electrons. The van der Waals surface area contributed by atoms with Gasteiger partial charge in [0.15, 0.2) is 0 Å². The van der Waals surface area contributed by atoms with Crippen LogP contribution in [0.25, 0.3) is 0 Å². The number of rotatable bonds is 5. The molecule has 0 aliphatic heterocycles. The molecular formula is C7H14ClNOS. The lowest BCUT2D eigenvalue weighted by Crippen LogP contribution is -2.31. The van der Waals surface area contributed by atoms with Gasteiger partial charge in [0.25, 0.3) is 0 Å². The van der Waals surface area contributed by atoms with Crippen molar-refractivity contribution in [3.63, 3.8) is 0 Å². The summed E-state index contributed by atoms with van der Waals surface area (Å²) in [5.41, 5.74) is 0. The van der Waals surface area contributed by atoms with Gasteiger partial charge in [-0.05, 0) is 6.92 Å². The van der Waals surface area contributed by atoms with Crippen LogP contribution in [0.1, 0.15) is 6.92 Å². The molecule has 2 unspecified atom stereocenters. The van der Waals surface area contributed by atoms with Crippen LogP contribution >= 0.6 is 11.6 Å². The molecule has 1 N–H and O–H groups in total. The van der Waals surface area contributed by atoms with Crippen LogP contribution in [-0.4, -0.2) is 28.8 Å². The molecule has 0 aliphatic rings. The van der Waals surface area contributed by atoms with Crippen LogP contribution in [0.4, 0.5) is 0 Å². The Morgan fingerprint density at radius 1 is 1.82 bits per heavy atom. The Kier molecular flexibility index (Phi) is 5.82. The van der Waals surface area contributed by atoms with E-state index in [0.29, 0.717) is 17.3 Å². The van der Waals surface area contributed by atoms with Gasteiger partial charge in [-0.3, -0.25) is 4.21 Å². The number of halogens is 1. The molecule has 0 bridgehead atoms. The molecule has 0 saturated carbocycles. The quantitative estimate of drug-likeness (QED) is 0.712. The number of hydrogen-bond acceptors (Lipinski definition) is 2. The van der Waals surface area contributed by atoms with Gasteiger partial charge in [-0.2, -0.15) is 0 Å². The molecule has 0 spiro atoms. The average molecular weight is 196 g/mol. The van der Waals surface area contributed by atoms with Crippen molar-refractivity contribution in [1.29, 1.82) is 0 Å². The predicted octanol–water partition coefficient (Wildman–Crippen LogP) is 1.10. The summed E-state index contributed by atoms with van der Waals surface area (Å²) in [5.74, 6) is 0.657. The van der Waals surface area contributed by atoms with Crippen LogP contribution in [0.15, 0.2) is 11.6 Å². The Bertz CT molecular complexity index is 161. The molecule has 0 amide bonds.